The molecule has 2 aliphatic rings. The maximum Gasteiger partial charge on any atom is 0.420 e. The quantitative estimate of drug-likeness (QED) is 0.705. The van der Waals surface area contributed by atoms with Gasteiger partial charge in [0.25, 0.3) is 0 Å². The van der Waals surface area contributed by atoms with E-state index in [4.69, 9.17) is 0 Å². The summed E-state index contributed by atoms with van der Waals surface area (Å²) in [6.07, 6.45) is -3.60. The lowest BCUT2D eigenvalue weighted by Gasteiger charge is -2.42. The largest absolute Gasteiger partial charge is 0.420 e. The first-order chi connectivity index (χ1) is 7.88. The second-order valence-electron chi connectivity index (χ2n) is 4.61. The molecule has 7 heteroatoms. The summed E-state index contributed by atoms with van der Waals surface area (Å²) in [7, 11) is 1.55. The van der Waals surface area contributed by atoms with E-state index in [1.165, 1.54) is 4.90 Å². The average Bonchev–Trinajstić information content (AvgIpc) is 2.71. The van der Waals surface area contributed by atoms with Crippen molar-refractivity contribution in [2.45, 2.75) is 24.7 Å². The number of carbonyl (C=O) groups excluding carboxylic acids is 1. The number of carbonyl (C=O) groups is 1. The maximum atomic E-state index is 13.2. The van der Waals surface area contributed by atoms with Gasteiger partial charge < -0.3 is 4.90 Å². The summed E-state index contributed by atoms with van der Waals surface area (Å²) in [6.45, 7) is 0.989. The molecule has 0 saturated carbocycles. The molecule has 0 aromatic heterocycles. The summed E-state index contributed by atoms with van der Waals surface area (Å²) in [5.41, 5.74) is -2.24. The van der Waals surface area contributed by atoms with E-state index in [1.807, 2.05) is 0 Å². The number of amides is 1. The highest BCUT2D eigenvalue weighted by molar-refractivity contribution is 5.81. The fourth-order valence-corrected chi connectivity index (χ4v) is 2.66. The van der Waals surface area contributed by atoms with Gasteiger partial charge in [0.1, 0.15) is 0 Å². The second kappa shape index (κ2) is 4.13. The SMILES string of the molecule is CN1CCCC(C2(C(F)(F)F)NCCN2)C1=O. The van der Waals surface area contributed by atoms with Crippen LogP contribution < -0.4 is 10.6 Å². The van der Waals surface area contributed by atoms with Gasteiger partial charge in [0.2, 0.25) is 5.91 Å². The van der Waals surface area contributed by atoms with Crippen LogP contribution in [-0.2, 0) is 4.79 Å². The summed E-state index contributed by atoms with van der Waals surface area (Å²) >= 11 is 0. The Morgan fingerprint density at radius 1 is 1.35 bits per heavy atom. The molecule has 1 atom stereocenters. The van der Waals surface area contributed by atoms with Gasteiger partial charge in [-0.25, -0.2) is 0 Å². The molecule has 98 valence electrons. The highest BCUT2D eigenvalue weighted by atomic mass is 19.4. The van der Waals surface area contributed by atoms with Crippen molar-refractivity contribution in [1.29, 1.82) is 0 Å². The molecule has 17 heavy (non-hydrogen) atoms. The molecule has 2 rings (SSSR count). The number of hydrogen-bond acceptors (Lipinski definition) is 3. The number of likely N-dealkylation sites (tertiary alicyclic amines) is 1. The lowest BCUT2D eigenvalue weighted by atomic mass is 9.84. The minimum absolute atomic E-state index is 0.229. The van der Waals surface area contributed by atoms with Gasteiger partial charge in [-0.3, -0.25) is 15.4 Å². The van der Waals surface area contributed by atoms with E-state index < -0.39 is 23.7 Å². The third kappa shape index (κ3) is 1.91. The summed E-state index contributed by atoms with van der Waals surface area (Å²) in [6, 6.07) is 0. The number of alkyl halides is 3. The standard InChI is InChI=1S/C10H16F3N3O/c1-16-6-2-3-7(8(16)17)9(10(11,12)13)14-4-5-15-9/h7,14-15H,2-6H2,1H3. The molecule has 2 heterocycles. The van der Waals surface area contributed by atoms with Crippen LogP contribution in [0.15, 0.2) is 0 Å². The number of rotatable bonds is 1. The van der Waals surface area contributed by atoms with Crippen molar-refractivity contribution in [2.24, 2.45) is 5.92 Å². The highest BCUT2D eigenvalue weighted by Gasteiger charge is 2.63. The van der Waals surface area contributed by atoms with Crippen LogP contribution in [0.1, 0.15) is 12.8 Å². The van der Waals surface area contributed by atoms with Gasteiger partial charge in [0, 0.05) is 26.7 Å². The van der Waals surface area contributed by atoms with E-state index in [-0.39, 0.29) is 19.5 Å². The first-order valence-electron chi connectivity index (χ1n) is 5.70. The first kappa shape index (κ1) is 12.6. The van der Waals surface area contributed by atoms with E-state index >= 15 is 0 Å². The molecule has 2 saturated heterocycles. The van der Waals surface area contributed by atoms with Crippen LogP contribution in [0, 0.1) is 5.92 Å². The van der Waals surface area contributed by atoms with Gasteiger partial charge >= 0.3 is 6.18 Å². The topological polar surface area (TPSA) is 44.4 Å². The van der Waals surface area contributed by atoms with Crippen LogP contribution in [0.3, 0.4) is 0 Å². The zero-order valence-corrected chi connectivity index (χ0v) is 9.60. The Morgan fingerprint density at radius 2 is 1.94 bits per heavy atom. The Kier molecular flexibility index (Phi) is 3.07. The Bertz CT molecular complexity index is 312. The maximum absolute atomic E-state index is 13.2. The first-order valence-corrected chi connectivity index (χ1v) is 5.70. The van der Waals surface area contributed by atoms with Crippen LogP contribution in [0.5, 0.6) is 0 Å². The van der Waals surface area contributed by atoms with Crippen molar-refractivity contribution < 1.29 is 18.0 Å². The summed E-state index contributed by atoms with van der Waals surface area (Å²) < 4.78 is 39.6. The van der Waals surface area contributed by atoms with Crippen molar-refractivity contribution in [3.63, 3.8) is 0 Å². The van der Waals surface area contributed by atoms with E-state index in [0.29, 0.717) is 13.0 Å². The van der Waals surface area contributed by atoms with E-state index in [0.717, 1.165) is 0 Å². The average molecular weight is 251 g/mol. The van der Waals surface area contributed by atoms with Crippen LogP contribution in [-0.4, -0.2) is 49.3 Å². The number of hydrogen-bond donors (Lipinski definition) is 2. The third-order valence-corrected chi connectivity index (χ3v) is 3.56. The van der Waals surface area contributed by atoms with Gasteiger partial charge in [-0.05, 0) is 12.8 Å². The van der Waals surface area contributed by atoms with Gasteiger partial charge in [-0.2, -0.15) is 13.2 Å². The Balaban J connectivity index is 2.30. The molecule has 0 spiro atoms. The molecule has 4 nitrogen and oxygen atoms in total. The third-order valence-electron chi connectivity index (χ3n) is 3.56. The molecule has 2 N–H and O–H groups in total. The molecule has 2 fully saturated rings. The molecule has 0 bridgehead atoms. The van der Waals surface area contributed by atoms with Crippen LogP contribution in [0.4, 0.5) is 13.2 Å². The van der Waals surface area contributed by atoms with Crippen molar-refractivity contribution in [3.05, 3.63) is 0 Å². The summed E-state index contributed by atoms with van der Waals surface area (Å²) in [5.74, 6) is -1.50. The van der Waals surface area contributed by atoms with Crippen molar-refractivity contribution in [3.8, 4) is 0 Å². The van der Waals surface area contributed by atoms with Gasteiger partial charge in [0.05, 0.1) is 5.92 Å². The zero-order valence-electron chi connectivity index (χ0n) is 9.60. The predicted molar refractivity (Wildman–Crippen MR) is 55.2 cm³/mol. The van der Waals surface area contributed by atoms with Gasteiger partial charge in [0.15, 0.2) is 5.66 Å². The van der Waals surface area contributed by atoms with Gasteiger partial charge in [-0.1, -0.05) is 0 Å². The van der Waals surface area contributed by atoms with Gasteiger partial charge in [-0.15, -0.1) is 0 Å². The smallest absolute Gasteiger partial charge is 0.345 e. The lowest BCUT2D eigenvalue weighted by Crippen LogP contribution is -2.69. The Morgan fingerprint density at radius 3 is 2.47 bits per heavy atom. The number of nitrogens with zero attached hydrogens (tertiary/aromatic N) is 1. The van der Waals surface area contributed by atoms with Crippen molar-refractivity contribution in [1.82, 2.24) is 15.5 Å². The highest BCUT2D eigenvalue weighted by Crippen LogP contribution is 2.39. The van der Waals surface area contributed by atoms with E-state index in [1.54, 1.807) is 7.05 Å². The fourth-order valence-electron chi connectivity index (χ4n) is 2.66. The number of nitrogens with one attached hydrogen (secondary N) is 2. The monoisotopic (exact) mass is 251 g/mol. The van der Waals surface area contributed by atoms with Crippen molar-refractivity contribution >= 4 is 5.91 Å². The van der Waals surface area contributed by atoms with Crippen LogP contribution in [0.25, 0.3) is 0 Å². The zero-order chi connectivity index (χ0) is 12.7. The Hall–Kier alpha value is -0.820. The van der Waals surface area contributed by atoms with Crippen LogP contribution >= 0.6 is 0 Å². The molecule has 0 aromatic rings. The molecule has 1 amide bonds. The van der Waals surface area contributed by atoms with Crippen LogP contribution in [0.2, 0.25) is 0 Å². The second-order valence-corrected chi connectivity index (χ2v) is 4.61. The number of piperidine rings is 1. The molecule has 0 aromatic carbocycles. The molecule has 2 aliphatic heterocycles. The molecular formula is C10H16F3N3O. The lowest BCUT2D eigenvalue weighted by molar-refractivity contribution is -0.220. The predicted octanol–water partition coefficient (Wildman–Crippen LogP) is 0.306. The van der Waals surface area contributed by atoms with E-state index in [2.05, 4.69) is 10.6 Å². The summed E-state index contributed by atoms with van der Waals surface area (Å²) in [4.78, 5) is 13.3. The molecule has 1 unspecified atom stereocenters. The van der Waals surface area contributed by atoms with E-state index in [9.17, 15) is 18.0 Å². The molecule has 0 aliphatic carbocycles. The summed E-state index contributed by atoms with van der Waals surface area (Å²) in [5, 5.41) is 4.89. The fraction of sp³-hybridized carbons (Fsp3) is 0.900. The minimum Gasteiger partial charge on any atom is -0.345 e. The van der Waals surface area contributed by atoms with Crippen molar-refractivity contribution in [2.75, 3.05) is 26.7 Å². The minimum atomic E-state index is -4.47. The number of halogens is 3. The normalized spacial score (nSPS) is 29.8. The molecular weight excluding hydrogens is 235 g/mol. The molecule has 0 radical (unpaired) electrons. The Labute approximate surface area is 97.5 Å².